The molecule has 0 saturated carbocycles. The monoisotopic (exact) mass is 518 g/mol. The number of benzene rings is 1. The molecule has 0 saturated heterocycles. The predicted octanol–water partition coefficient (Wildman–Crippen LogP) is 4.12. The van der Waals surface area contributed by atoms with Gasteiger partial charge in [-0.25, -0.2) is 14.8 Å². The summed E-state index contributed by atoms with van der Waals surface area (Å²) in [5.74, 6) is 0.589. The SMILES string of the molecule is COCCN(CCCCc1ccc2c(n1)NCCC2)CCC(Nc1cncc(-c2ccccc2)n1)C(=O)O. The number of carboxylic acid groups (broad SMARTS) is 1. The zero-order valence-electron chi connectivity index (χ0n) is 22.1. The van der Waals surface area contributed by atoms with Crippen LogP contribution in [0.3, 0.4) is 0 Å². The molecule has 0 fully saturated rings. The summed E-state index contributed by atoms with van der Waals surface area (Å²) < 4.78 is 5.30. The number of hydrogen-bond donors (Lipinski definition) is 3. The van der Waals surface area contributed by atoms with E-state index < -0.39 is 12.0 Å². The van der Waals surface area contributed by atoms with Crippen LogP contribution in [-0.4, -0.2) is 76.9 Å². The van der Waals surface area contributed by atoms with Crippen molar-refractivity contribution in [3.8, 4) is 11.3 Å². The lowest BCUT2D eigenvalue weighted by Crippen LogP contribution is -2.37. The van der Waals surface area contributed by atoms with Gasteiger partial charge in [-0.3, -0.25) is 4.98 Å². The molecule has 38 heavy (non-hydrogen) atoms. The molecule has 1 aliphatic rings. The number of aliphatic carboxylic acids is 1. The maximum Gasteiger partial charge on any atom is 0.326 e. The average Bonchev–Trinajstić information content (AvgIpc) is 2.96. The summed E-state index contributed by atoms with van der Waals surface area (Å²) in [5.41, 5.74) is 4.06. The zero-order valence-corrected chi connectivity index (χ0v) is 22.1. The first kappa shape index (κ1) is 27.5. The number of nitrogens with zero attached hydrogens (tertiary/aromatic N) is 4. The fraction of sp³-hybridized carbons (Fsp3) is 0.448. The van der Waals surface area contributed by atoms with E-state index >= 15 is 0 Å². The van der Waals surface area contributed by atoms with Gasteiger partial charge in [0.2, 0.25) is 0 Å². The number of hydrogen-bond acceptors (Lipinski definition) is 8. The van der Waals surface area contributed by atoms with Crippen LogP contribution in [0.1, 0.15) is 36.9 Å². The quantitative estimate of drug-likeness (QED) is 0.256. The minimum atomic E-state index is -0.907. The van der Waals surface area contributed by atoms with E-state index in [1.54, 1.807) is 19.5 Å². The second-order valence-corrected chi connectivity index (χ2v) is 9.61. The standard InChI is InChI=1S/C29H38N6O3/c1-38-19-18-35(16-6-5-11-24-13-12-23-10-7-15-31-28(23)32-24)17-14-25(29(36)37)33-27-21-30-20-26(34-27)22-8-3-2-4-9-22/h2-4,8-9,12-13,20-21,25H,5-7,10-11,14-19H2,1H3,(H,31,32)(H,33,34)(H,36,37). The highest BCUT2D eigenvalue weighted by Crippen LogP contribution is 2.21. The van der Waals surface area contributed by atoms with Gasteiger partial charge in [0, 0.05) is 38.0 Å². The van der Waals surface area contributed by atoms with Crippen LogP contribution < -0.4 is 10.6 Å². The van der Waals surface area contributed by atoms with Crippen LogP contribution in [0.2, 0.25) is 0 Å². The van der Waals surface area contributed by atoms with Crippen molar-refractivity contribution in [1.82, 2.24) is 19.9 Å². The summed E-state index contributed by atoms with van der Waals surface area (Å²) in [6.45, 7) is 3.87. The van der Waals surface area contributed by atoms with Crippen LogP contribution in [0, 0.1) is 0 Å². The van der Waals surface area contributed by atoms with Gasteiger partial charge >= 0.3 is 5.97 Å². The molecule has 0 amide bonds. The molecular formula is C29H38N6O3. The number of aromatic nitrogens is 3. The Labute approximate surface area is 224 Å². The average molecular weight is 519 g/mol. The highest BCUT2D eigenvalue weighted by Gasteiger charge is 2.20. The van der Waals surface area contributed by atoms with Crippen LogP contribution in [0.15, 0.2) is 54.9 Å². The van der Waals surface area contributed by atoms with Gasteiger partial charge in [0.05, 0.1) is 24.7 Å². The molecule has 3 N–H and O–H groups in total. The van der Waals surface area contributed by atoms with Gasteiger partial charge in [0.15, 0.2) is 0 Å². The maximum absolute atomic E-state index is 12.0. The third kappa shape index (κ3) is 8.22. The van der Waals surface area contributed by atoms with Crippen LogP contribution in [0.25, 0.3) is 11.3 Å². The minimum absolute atomic E-state index is 0.439. The fourth-order valence-corrected chi connectivity index (χ4v) is 4.64. The van der Waals surface area contributed by atoms with Gasteiger partial charge in [-0.1, -0.05) is 36.4 Å². The van der Waals surface area contributed by atoms with E-state index in [4.69, 9.17) is 9.72 Å². The molecule has 0 spiro atoms. The largest absolute Gasteiger partial charge is 0.480 e. The van der Waals surface area contributed by atoms with Crippen LogP contribution in [0.5, 0.6) is 0 Å². The fourth-order valence-electron chi connectivity index (χ4n) is 4.64. The molecule has 1 unspecified atom stereocenters. The molecule has 9 nitrogen and oxygen atoms in total. The van der Waals surface area contributed by atoms with Gasteiger partial charge in [-0.2, -0.15) is 0 Å². The summed E-state index contributed by atoms with van der Waals surface area (Å²) in [6, 6.07) is 13.3. The van der Waals surface area contributed by atoms with Crippen molar-refractivity contribution in [1.29, 1.82) is 0 Å². The Hall–Kier alpha value is -3.56. The first-order valence-corrected chi connectivity index (χ1v) is 13.4. The Morgan fingerprint density at radius 3 is 2.79 bits per heavy atom. The molecule has 2 aromatic heterocycles. The lowest BCUT2D eigenvalue weighted by molar-refractivity contribution is -0.138. The van der Waals surface area contributed by atoms with Gasteiger partial charge in [0.25, 0.3) is 0 Å². The Kier molecular flexibility index (Phi) is 10.4. The number of pyridine rings is 1. The summed E-state index contributed by atoms with van der Waals surface area (Å²) in [5, 5.41) is 16.3. The van der Waals surface area contributed by atoms with E-state index in [1.807, 2.05) is 30.3 Å². The topological polar surface area (TPSA) is 113 Å². The smallest absolute Gasteiger partial charge is 0.326 e. The number of fused-ring (bicyclic) bond motifs is 1. The van der Waals surface area contributed by atoms with Crippen molar-refractivity contribution in [2.24, 2.45) is 0 Å². The molecule has 0 radical (unpaired) electrons. The molecule has 4 rings (SSSR count). The maximum atomic E-state index is 12.0. The molecule has 9 heteroatoms. The van der Waals surface area contributed by atoms with E-state index in [9.17, 15) is 9.90 Å². The number of aryl methyl sites for hydroxylation is 2. The summed E-state index contributed by atoms with van der Waals surface area (Å²) >= 11 is 0. The number of anilines is 2. The highest BCUT2D eigenvalue weighted by atomic mass is 16.5. The number of ether oxygens (including phenoxy) is 1. The van der Waals surface area contributed by atoms with E-state index in [0.717, 1.165) is 68.8 Å². The third-order valence-electron chi connectivity index (χ3n) is 6.78. The first-order chi connectivity index (χ1) is 18.6. The molecule has 3 heterocycles. The second kappa shape index (κ2) is 14.4. The van der Waals surface area contributed by atoms with Gasteiger partial charge in [-0.15, -0.1) is 0 Å². The number of methoxy groups -OCH3 is 1. The highest BCUT2D eigenvalue weighted by molar-refractivity contribution is 5.77. The molecule has 0 bridgehead atoms. The van der Waals surface area contributed by atoms with E-state index in [2.05, 4.69) is 37.6 Å². The van der Waals surface area contributed by atoms with Crippen LogP contribution in [-0.2, 0) is 22.4 Å². The van der Waals surface area contributed by atoms with Gasteiger partial charge in [-0.05, 0) is 56.7 Å². The number of carbonyl (C=O) groups is 1. The van der Waals surface area contributed by atoms with E-state index in [0.29, 0.717) is 31.1 Å². The van der Waals surface area contributed by atoms with Crippen molar-refractivity contribution in [2.75, 3.05) is 50.5 Å². The van der Waals surface area contributed by atoms with E-state index in [1.165, 1.54) is 5.56 Å². The Morgan fingerprint density at radius 1 is 1.11 bits per heavy atom. The van der Waals surface area contributed by atoms with Crippen LogP contribution in [0.4, 0.5) is 11.6 Å². The number of carboxylic acids is 1. The van der Waals surface area contributed by atoms with Gasteiger partial charge < -0.3 is 25.4 Å². The third-order valence-corrected chi connectivity index (χ3v) is 6.78. The Balaban J connectivity index is 1.28. The zero-order chi connectivity index (χ0) is 26.6. The van der Waals surface area contributed by atoms with E-state index in [-0.39, 0.29) is 0 Å². The molecule has 202 valence electrons. The molecule has 1 atom stereocenters. The normalized spacial score (nSPS) is 13.5. The minimum Gasteiger partial charge on any atom is -0.480 e. The first-order valence-electron chi connectivity index (χ1n) is 13.4. The predicted molar refractivity (Wildman–Crippen MR) is 149 cm³/mol. The van der Waals surface area contributed by atoms with Crippen molar-refractivity contribution in [3.05, 3.63) is 66.1 Å². The number of rotatable bonds is 15. The lowest BCUT2D eigenvalue weighted by atomic mass is 10.1. The van der Waals surface area contributed by atoms with Gasteiger partial charge in [0.1, 0.15) is 17.7 Å². The summed E-state index contributed by atoms with van der Waals surface area (Å²) in [7, 11) is 1.69. The Bertz CT molecular complexity index is 1160. The summed E-state index contributed by atoms with van der Waals surface area (Å²) in [6.07, 6.45) is 8.91. The van der Waals surface area contributed by atoms with Crippen molar-refractivity contribution in [2.45, 2.75) is 44.6 Å². The lowest BCUT2D eigenvalue weighted by Gasteiger charge is -2.24. The van der Waals surface area contributed by atoms with Crippen molar-refractivity contribution in [3.63, 3.8) is 0 Å². The van der Waals surface area contributed by atoms with Crippen molar-refractivity contribution < 1.29 is 14.6 Å². The Morgan fingerprint density at radius 2 is 1.97 bits per heavy atom. The molecular weight excluding hydrogens is 480 g/mol. The number of nitrogens with one attached hydrogen (secondary N) is 2. The van der Waals surface area contributed by atoms with Crippen molar-refractivity contribution >= 4 is 17.6 Å². The summed E-state index contributed by atoms with van der Waals surface area (Å²) in [4.78, 5) is 27.9. The molecule has 0 aliphatic carbocycles. The molecule has 1 aromatic carbocycles. The van der Waals surface area contributed by atoms with Crippen LogP contribution >= 0.6 is 0 Å². The second-order valence-electron chi connectivity index (χ2n) is 9.61. The number of unbranched alkanes of at least 4 members (excludes halogenated alkanes) is 1. The molecule has 1 aliphatic heterocycles. The molecule has 3 aromatic rings.